The van der Waals surface area contributed by atoms with E-state index >= 15 is 0 Å². The summed E-state index contributed by atoms with van der Waals surface area (Å²) in [5, 5.41) is 18.0. The van der Waals surface area contributed by atoms with Crippen LogP contribution in [0, 0.1) is 5.92 Å². The summed E-state index contributed by atoms with van der Waals surface area (Å²) in [6.07, 6.45) is 0.465. The zero-order valence-corrected chi connectivity index (χ0v) is 14.4. The maximum atomic E-state index is 12.2. The number of aliphatic hydroxyl groups is 2. The van der Waals surface area contributed by atoms with Crippen LogP contribution in [-0.2, 0) is 27.7 Å². The zero-order chi connectivity index (χ0) is 17.9. The van der Waals surface area contributed by atoms with Gasteiger partial charge in [0.15, 0.2) is 0 Å². The Labute approximate surface area is 136 Å². The largest absolute Gasteiger partial charge is 0.705 e. The molecule has 23 heavy (non-hydrogen) atoms. The molecule has 4 N–H and O–H groups in total. The molecule has 0 amide bonds. The van der Waals surface area contributed by atoms with Gasteiger partial charge in [0.2, 0.25) is 0 Å². The van der Waals surface area contributed by atoms with Gasteiger partial charge in [0.05, 0.1) is 12.0 Å². The van der Waals surface area contributed by atoms with Crippen molar-refractivity contribution in [3.8, 4) is 0 Å². The van der Waals surface area contributed by atoms with Gasteiger partial charge in [0.25, 0.3) is 17.9 Å². The van der Waals surface area contributed by atoms with Gasteiger partial charge in [-0.3, -0.25) is 14.4 Å². The van der Waals surface area contributed by atoms with Gasteiger partial charge in [0.1, 0.15) is 0 Å². The van der Waals surface area contributed by atoms with Crippen LogP contribution in [0.5, 0.6) is 0 Å². The molecule has 0 spiro atoms. The van der Waals surface area contributed by atoms with Crippen molar-refractivity contribution in [2.24, 2.45) is 11.7 Å². The second-order valence-corrected chi connectivity index (χ2v) is 7.38. The molecule has 9 nitrogen and oxygen atoms in total. The van der Waals surface area contributed by atoms with E-state index in [2.05, 4.69) is 0 Å². The number of nitrogens with two attached hydrogens (primary N) is 1. The van der Waals surface area contributed by atoms with Crippen molar-refractivity contribution in [1.29, 1.82) is 0 Å². The van der Waals surface area contributed by atoms with E-state index in [1.165, 1.54) is 0 Å². The normalized spacial score (nSPS) is 11.2. The van der Waals surface area contributed by atoms with E-state index in [1.54, 1.807) is 0 Å². The van der Waals surface area contributed by atoms with E-state index in [-0.39, 0.29) is 38.6 Å². The molecule has 0 heterocycles. The molecule has 0 aliphatic rings. The molecule has 0 unspecified atom stereocenters. The summed E-state index contributed by atoms with van der Waals surface area (Å²) in [6, 6.07) is 0.0133. The third-order valence-electron chi connectivity index (χ3n) is 2.83. The van der Waals surface area contributed by atoms with Crippen molar-refractivity contribution in [3.05, 3.63) is 0 Å². The van der Waals surface area contributed by atoms with Crippen molar-refractivity contribution in [1.82, 2.24) is 0 Å². The summed E-state index contributed by atoms with van der Waals surface area (Å²) in [6.45, 7) is 1.89. The molecule has 0 radical (unpaired) electrons. The fourth-order valence-electron chi connectivity index (χ4n) is 1.90. The lowest BCUT2D eigenvalue weighted by Gasteiger charge is -2.28. The van der Waals surface area contributed by atoms with Crippen LogP contribution in [0.15, 0.2) is 0 Å². The van der Waals surface area contributed by atoms with Crippen molar-refractivity contribution in [2.45, 2.75) is 39.2 Å². The topological polar surface area (TPSA) is 145 Å². The predicted molar refractivity (Wildman–Crippen MR) is 80.8 cm³/mol. The molecule has 0 atom stereocenters. The van der Waals surface area contributed by atoms with Gasteiger partial charge in [-0.05, 0) is 25.8 Å². The average molecular weight is 351 g/mol. The number of hydrogen-bond donors (Lipinski definition) is 3. The number of aliphatic hydroxyl groups excluding tert-OH is 2. The monoisotopic (exact) mass is 351 g/mol. The minimum absolute atomic E-state index is 0.0133. The lowest BCUT2D eigenvalue weighted by molar-refractivity contribution is -0.152. The number of rotatable bonds is 11. The Morgan fingerprint density at radius 2 is 1.48 bits per heavy atom. The van der Waals surface area contributed by atoms with Gasteiger partial charge in [-0.25, -0.2) is 0 Å². The van der Waals surface area contributed by atoms with Crippen LogP contribution in [0.4, 0.5) is 0 Å². The SMILES string of the molecule is CC(=O)O[Si](CCCN)(OC(C)=O)OC(=O)C(CCO)CCO. The molecule has 0 saturated carbocycles. The zero-order valence-electron chi connectivity index (χ0n) is 13.4. The smallest absolute Gasteiger partial charge is 0.455 e. The minimum atomic E-state index is -3.92. The number of carbonyl (C=O) groups is 3. The molecule has 0 fully saturated rings. The Morgan fingerprint density at radius 1 is 1.00 bits per heavy atom. The van der Waals surface area contributed by atoms with Crippen molar-refractivity contribution < 1.29 is 37.9 Å². The molecule has 0 aromatic heterocycles. The van der Waals surface area contributed by atoms with Crippen LogP contribution >= 0.6 is 0 Å². The Hall–Kier alpha value is -1.49. The van der Waals surface area contributed by atoms with E-state index in [4.69, 9.17) is 29.2 Å². The molecule has 0 aromatic rings. The first-order valence-corrected chi connectivity index (χ1v) is 9.27. The Balaban J connectivity index is 5.31. The molecular weight excluding hydrogens is 326 g/mol. The van der Waals surface area contributed by atoms with Gasteiger partial charge in [-0.1, -0.05) is 0 Å². The molecule has 0 saturated heterocycles. The highest BCUT2D eigenvalue weighted by Crippen LogP contribution is 2.22. The van der Waals surface area contributed by atoms with Crippen LogP contribution in [0.2, 0.25) is 6.04 Å². The van der Waals surface area contributed by atoms with Gasteiger partial charge in [-0.15, -0.1) is 0 Å². The minimum Gasteiger partial charge on any atom is -0.455 e. The van der Waals surface area contributed by atoms with Crippen LogP contribution in [0.1, 0.15) is 33.1 Å². The summed E-state index contributed by atoms with van der Waals surface area (Å²) in [4.78, 5) is 34.9. The Kier molecular flexibility index (Phi) is 10.4. The summed E-state index contributed by atoms with van der Waals surface area (Å²) in [5.41, 5.74) is 5.42. The van der Waals surface area contributed by atoms with Crippen LogP contribution in [0.25, 0.3) is 0 Å². The maximum absolute atomic E-state index is 12.2. The lowest BCUT2D eigenvalue weighted by Crippen LogP contribution is -2.51. The first-order chi connectivity index (χ1) is 10.8. The lowest BCUT2D eigenvalue weighted by atomic mass is 10.0. The highest BCUT2D eigenvalue weighted by atomic mass is 28.4. The molecule has 0 aliphatic heterocycles. The van der Waals surface area contributed by atoms with Gasteiger partial charge in [0, 0.05) is 27.1 Å². The fraction of sp³-hybridized carbons (Fsp3) is 0.769. The van der Waals surface area contributed by atoms with Crippen molar-refractivity contribution in [2.75, 3.05) is 19.8 Å². The van der Waals surface area contributed by atoms with E-state index in [0.29, 0.717) is 6.42 Å². The fourth-order valence-corrected chi connectivity index (χ4v) is 4.32. The maximum Gasteiger partial charge on any atom is 0.705 e. The first kappa shape index (κ1) is 21.5. The second kappa shape index (κ2) is 11.1. The third kappa shape index (κ3) is 8.64. The molecule has 0 rings (SSSR count). The van der Waals surface area contributed by atoms with E-state index < -0.39 is 32.6 Å². The highest BCUT2D eigenvalue weighted by molar-refractivity contribution is 6.65. The van der Waals surface area contributed by atoms with Crippen LogP contribution in [0.3, 0.4) is 0 Å². The van der Waals surface area contributed by atoms with Crippen molar-refractivity contribution >= 4 is 26.7 Å². The molecule has 134 valence electrons. The second-order valence-electron chi connectivity index (χ2n) is 4.91. The van der Waals surface area contributed by atoms with Crippen LogP contribution in [-0.4, -0.2) is 56.7 Å². The quantitative estimate of drug-likeness (QED) is 0.412. The standard InChI is InChI=1S/C13H25NO8Si/c1-10(17)20-23(9-3-6-14,21-11(2)18)22-13(19)12(4-7-15)5-8-16/h12,15-16H,3-9,14H2,1-2H3. The average Bonchev–Trinajstić information content (AvgIpc) is 2.43. The molecule has 0 aliphatic carbocycles. The third-order valence-corrected chi connectivity index (χ3v) is 5.51. The summed E-state index contributed by atoms with van der Waals surface area (Å²) < 4.78 is 15.4. The molecule has 10 heteroatoms. The highest BCUT2D eigenvalue weighted by Gasteiger charge is 2.52. The number of carbonyl (C=O) groups excluding carboxylic acids is 3. The summed E-state index contributed by atoms with van der Waals surface area (Å²) in [5.74, 6) is -3.08. The molecular formula is C13H25NO8Si. The van der Waals surface area contributed by atoms with E-state index in [0.717, 1.165) is 13.8 Å². The Bertz CT molecular complexity index is 381. The van der Waals surface area contributed by atoms with Gasteiger partial charge >= 0.3 is 8.80 Å². The Morgan fingerprint density at radius 3 is 1.83 bits per heavy atom. The van der Waals surface area contributed by atoms with Gasteiger partial charge < -0.3 is 29.2 Å². The molecule has 0 aromatic carbocycles. The van der Waals surface area contributed by atoms with Gasteiger partial charge in [-0.2, -0.15) is 0 Å². The van der Waals surface area contributed by atoms with Crippen molar-refractivity contribution in [3.63, 3.8) is 0 Å². The predicted octanol–water partition coefficient (Wildman–Crippen LogP) is -0.675. The van der Waals surface area contributed by atoms with Crippen LogP contribution < -0.4 is 5.73 Å². The van der Waals surface area contributed by atoms with E-state index in [9.17, 15) is 14.4 Å². The van der Waals surface area contributed by atoms with E-state index in [1.807, 2.05) is 0 Å². The molecule has 0 bridgehead atoms. The first-order valence-electron chi connectivity index (χ1n) is 7.34. The number of hydrogen-bond acceptors (Lipinski definition) is 9. The summed E-state index contributed by atoms with van der Waals surface area (Å²) in [7, 11) is -3.92. The summed E-state index contributed by atoms with van der Waals surface area (Å²) >= 11 is 0.